The van der Waals surface area contributed by atoms with Crippen molar-refractivity contribution >= 4 is 11.8 Å². The summed E-state index contributed by atoms with van der Waals surface area (Å²) in [6.45, 7) is 10.8. The number of hydrogen-bond acceptors (Lipinski definition) is 2. The third-order valence-corrected chi connectivity index (χ3v) is 3.66. The van der Waals surface area contributed by atoms with Crippen LogP contribution in [0.1, 0.15) is 47.5 Å². The molecule has 1 rings (SSSR count). The Hall–Kier alpha value is -1.06. The number of nitrogens with one attached hydrogen (secondary N) is 1. The van der Waals surface area contributed by atoms with E-state index in [-0.39, 0.29) is 29.8 Å². The molecule has 104 valence electrons. The molecule has 1 fully saturated rings. The van der Waals surface area contributed by atoms with E-state index in [4.69, 9.17) is 0 Å². The van der Waals surface area contributed by atoms with Crippen LogP contribution in [0.25, 0.3) is 0 Å². The van der Waals surface area contributed by atoms with Crippen molar-refractivity contribution in [3.05, 3.63) is 0 Å². The van der Waals surface area contributed by atoms with Gasteiger partial charge in [0.1, 0.15) is 12.1 Å². The molecule has 3 unspecified atom stereocenters. The molecule has 1 aliphatic rings. The maximum atomic E-state index is 12.4. The molecule has 0 spiro atoms. The SMILES string of the molecule is CCC1NC(=O)C(C(C)CC)N(CC(C)C)C1=O. The molecule has 4 nitrogen and oxygen atoms in total. The predicted molar refractivity (Wildman–Crippen MR) is 72.0 cm³/mol. The van der Waals surface area contributed by atoms with Crippen LogP contribution in [-0.4, -0.2) is 35.3 Å². The zero-order valence-corrected chi connectivity index (χ0v) is 12.2. The lowest BCUT2D eigenvalue weighted by Gasteiger charge is -2.42. The molecule has 0 aliphatic carbocycles. The van der Waals surface area contributed by atoms with Gasteiger partial charge in [-0.1, -0.05) is 41.0 Å². The minimum absolute atomic E-state index is 0.0106. The van der Waals surface area contributed by atoms with E-state index in [1.165, 1.54) is 0 Å². The molecule has 4 heteroatoms. The van der Waals surface area contributed by atoms with Crippen LogP contribution in [-0.2, 0) is 9.59 Å². The Balaban J connectivity index is 2.97. The largest absolute Gasteiger partial charge is 0.343 e. The van der Waals surface area contributed by atoms with Crippen molar-refractivity contribution in [1.82, 2.24) is 10.2 Å². The van der Waals surface area contributed by atoms with Crippen molar-refractivity contribution in [3.63, 3.8) is 0 Å². The van der Waals surface area contributed by atoms with Gasteiger partial charge in [-0.3, -0.25) is 9.59 Å². The molecule has 1 heterocycles. The number of piperazine rings is 1. The fourth-order valence-electron chi connectivity index (χ4n) is 2.46. The summed E-state index contributed by atoms with van der Waals surface area (Å²) in [5.41, 5.74) is 0. The van der Waals surface area contributed by atoms with Crippen LogP contribution in [0.4, 0.5) is 0 Å². The van der Waals surface area contributed by atoms with Gasteiger partial charge >= 0.3 is 0 Å². The predicted octanol–water partition coefficient (Wildman–Crippen LogP) is 1.79. The highest BCUT2D eigenvalue weighted by Crippen LogP contribution is 2.22. The average molecular weight is 254 g/mol. The second-order valence-electron chi connectivity index (χ2n) is 5.68. The normalized spacial score (nSPS) is 26.4. The Morgan fingerprint density at radius 3 is 2.28 bits per heavy atom. The van der Waals surface area contributed by atoms with E-state index in [9.17, 15) is 9.59 Å². The first kappa shape index (κ1) is 15.0. The Morgan fingerprint density at radius 1 is 1.22 bits per heavy atom. The van der Waals surface area contributed by atoms with Crippen LogP contribution < -0.4 is 5.32 Å². The summed E-state index contributed by atoms with van der Waals surface area (Å²) in [6.07, 6.45) is 1.56. The maximum absolute atomic E-state index is 12.4. The Morgan fingerprint density at radius 2 is 1.83 bits per heavy atom. The summed E-state index contributed by atoms with van der Waals surface area (Å²) in [7, 11) is 0. The molecule has 0 aromatic rings. The molecule has 0 aromatic heterocycles. The number of rotatable bonds is 5. The van der Waals surface area contributed by atoms with E-state index in [1.54, 1.807) is 4.90 Å². The molecule has 1 saturated heterocycles. The van der Waals surface area contributed by atoms with Gasteiger partial charge < -0.3 is 10.2 Å². The lowest BCUT2D eigenvalue weighted by molar-refractivity contribution is -0.152. The highest BCUT2D eigenvalue weighted by molar-refractivity contribution is 5.97. The van der Waals surface area contributed by atoms with Gasteiger partial charge in [-0.15, -0.1) is 0 Å². The van der Waals surface area contributed by atoms with Crippen molar-refractivity contribution in [3.8, 4) is 0 Å². The molecule has 0 radical (unpaired) electrons. The first-order valence-corrected chi connectivity index (χ1v) is 7.03. The van der Waals surface area contributed by atoms with Gasteiger partial charge in [0.15, 0.2) is 0 Å². The summed E-state index contributed by atoms with van der Waals surface area (Å²) >= 11 is 0. The summed E-state index contributed by atoms with van der Waals surface area (Å²) < 4.78 is 0. The van der Waals surface area contributed by atoms with Crippen molar-refractivity contribution in [2.45, 2.75) is 59.5 Å². The molecule has 1 aliphatic heterocycles. The Labute approximate surface area is 110 Å². The number of carbonyl (C=O) groups is 2. The fraction of sp³-hybridized carbons (Fsp3) is 0.857. The lowest BCUT2D eigenvalue weighted by atomic mass is 9.92. The Kier molecular flexibility index (Phi) is 5.17. The van der Waals surface area contributed by atoms with Crippen LogP contribution in [0, 0.1) is 11.8 Å². The zero-order chi connectivity index (χ0) is 13.9. The average Bonchev–Trinajstić information content (AvgIpc) is 2.32. The van der Waals surface area contributed by atoms with Gasteiger partial charge in [0.25, 0.3) is 0 Å². The summed E-state index contributed by atoms with van der Waals surface area (Å²) in [4.78, 5) is 26.4. The highest BCUT2D eigenvalue weighted by Gasteiger charge is 2.41. The van der Waals surface area contributed by atoms with Gasteiger partial charge in [-0.05, 0) is 18.3 Å². The molecule has 18 heavy (non-hydrogen) atoms. The van der Waals surface area contributed by atoms with E-state index in [1.807, 2.05) is 13.8 Å². The number of carbonyl (C=O) groups excluding carboxylic acids is 2. The molecule has 1 N–H and O–H groups in total. The Bertz CT molecular complexity index is 315. The number of hydrogen-bond donors (Lipinski definition) is 1. The van der Waals surface area contributed by atoms with Crippen molar-refractivity contribution in [2.75, 3.05) is 6.54 Å². The first-order valence-electron chi connectivity index (χ1n) is 7.03. The van der Waals surface area contributed by atoms with Gasteiger partial charge in [0, 0.05) is 6.54 Å². The second-order valence-corrected chi connectivity index (χ2v) is 5.68. The highest BCUT2D eigenvalue weighted by atomic mass is 16.2. The molecule has 0 aromatic carbocycles. The number of amides is 2. The third-order valence-electron chi connectivity index (χ3n) is 3.66. The van der Waals surface area contributed by atoms with E-state index >= 15 is 0 Å². The van der Waals surface area contributed by atoms with Crippen molar-refractivity contribution in [1.29, 1.82) is 0 Å². The molecular formula is C14H26N2O2. The van der Waals surface area contributed by atoms with Crippen molar-refractivity contribution in [2.24, 2.45) is 11.8 Å². The topological polar surface area (TPSA) is 49.4 Å². The zero-order valence-electron chi connectivity index (χ0n) is 12.2. The standard InChI is InChI=1S/C14H26N2O2/c1-6-10(5)12-13(17)15-11(7-2)14(18)16(12)8-9(3)4/h9-12H,6-8H2,1-5H3,(H,15,17). The maximum Gasteiger partial charge on any atom is 0.245 e. The van der Waals surface area contributed by atoms with Crippen LogP contribution in [0.15, 0.2) is 0 Å². The second kappa shape index (κ2) is 6.21. The van der Waals surface area contributed by atoms with Crippen LogP contribution in [0.5, 0.6) is 0 Å². The van der Waals surface area contributed by atoms with Gasteiger partial charge in [0.05, 0.1) is 0 Å². The molecule has 2 amide bonds. The van der Waals surface area contributed by atoms with E-state index in [2.05, 4.69) is 26.1 Å². The van der Waals surface area contributed by atoms with Gasteiger partial charge in [0.2, 0.25) is 11.8 Å². The van der Waals surface area contributed by atoms with E-state index in [0.717, 1.165) is 6.42 Å². The smallest absolute Gasteiger partial charge is 0.245 e. The van der Waals surface area contributed by atoms with Crippen LogP contribution in [0.3, 0.4) is 0 Å². The summed E-state index contributed by atoms with van der Waals surface area (Å²) in [5.74, 6) is 0.668. The van der Waals surface area contributed by atoms with Gasteiger partial charge in [-0.2, -0.15) is 0 Å². The van der Waals surface area contributed by atoms with E-state index < -0.39 is 0 Å². The minimum atomic E-state index is -0.337. The number of nitrogens with zero attached hydrogens (tertiary/aromatic N) is 1. The summed E-state index contributed by atoms with van der Waals surface area (Å²) in [6, 6.07) is -0.635. The minimum Gasteiger partial charge on any atom is -0.343 e. The van der Waals surface area contributed by atoms with Crippen molar-refractivity contribution < 1.29 is 9.59 Å². The van der Waals surface area contributed by atoms with Crippen LogP contribution >= 0.6 is 0 Å². The van der Waals surface area contributed by atoms with Gasteiger partial charge in [-0.25, -0.2) is 0 Å². The molecule has 0 saturated carbocycles. The quantitative estimate of drug-likeness (QED) is 0.813. The van der Waals surface area contributed by atoms with Crippen LogP contribution in [0.2, 0.25) is 0 Å². The monoisotopic (exact) mass is 254 g/mol. The summed E-state index contributed by atoms with van der Waals surface area (Å²) in [5, 5.41) is 2.85. The molecule has 3 atom stereocenters. The molecule has 0 bridgehead atoms. The fourth-order valence-corrected chi connectivity index (χ4v) is 2.46. The third kappa shape index (κ3) is 3.03. The first-order chi connectivity index (χ1) is 8.42. The van der Waals surface area contributed by atoms with E-state index in [0.29, 0.717) is 18.9 Å². The molecular weight excluding hydrogens is 228 g/mol. The lowest BCUT2D eigenvalue weighted by Crippen LogP contribution is -2.65.